The highest BCUT2D eigenvalue weighted by Gasteiger charge is 2.20. The molecule has 0 atom stereocenters. The van der Waals surface area contributed by atoms with Crippen LogP contribution >= 0.6 is 11.3 Å². The molecule has 1 aliphatic rings. The lowest BCUT2D eigenvalue weighted by Crippen LogP contribution is -2.36. The third-order valence-corrected chi connectivity index (χ3v) is 6.79. The lowest BCUT2D eigenvalue weighted by Gasteiger charge is -2.26. The van der Waals surface area contributed by atoms with Crippen LogP contribution < -0.4 is 4.90 Å². The summed E-state index contributed by atoms with van der Waals surface area (Å²) in [5.41, 5.74) is 4.96. The zero-order valence-electron chi connectivity index (χ0n) is 18.6. The number of aryl methyl sites for hydroxylation is 1. The van der Waals surface area contributed by atoms with Crippen molar-refractivity contribution in [3.8, 4) is 11.1 Å². The number of fused-ring (bicyclic) bond motifs is 1. The molecule has 5 nitrogen and oxygen atoms in total. The molecule has 0 unspecified atom stereocenters. The highest BCUT2D eigenvalue weighted by atomic mass is 32.1. The minimum absolute atomic E-state index is 0.753. The topological polar surface area (TPSA) is 41.5 Å². The van der Waals surface area contributed by atoms with E-state index in [1.165, 1.54) is 22.3 Å². The number of anilines is 1. The number of ether oxygens (including phenoxy) is 1. The van der Waals surface area contributed by atoms with E-state index in [9.17, 15) is 0 Å². The Labute approximate surface area is 193 Å². The second-order valence-corrected chi connectivity index (χ2v) is 9.25. The summed E-state index contributed by atoms with van der Waals surface area (Å²) in [7, 11) is 2.13. The van der Waals surface area contributed by atoms with Gasteiger partial charge in [0.15, 0.2) is 0 Å². The van der Waals surface area contributed by atoms with E-state index in [2.05, 4.69) is 83.7 Å². The molecule has 32 heavy (non-hydrogen) atoms. The van der Waals surface area contributed by atoms with Crippen molar-refractivity contribution >= 4 is 27.4 Å². The first kappa shape index (κ1) is 21.1. The van der Waals surface area contributed by atoms with Gasteiger partial charge in [0.25, 0.3) is 0 Å². The molecule has 2 aromatic heterocycles. The third kappa shape index (κ3) is 4.53. The van der Waals surface area contributed by atoms with Crippen LogP contribution in [0.15, 0.2) is 60.0 Å². The maximum Gasteiger partial charge on any atom is 0.146 e. The Balaban J connectivity index is 1.55. The molecule has 0 radical (unpaired) electrons. The molecule has 1 saturated heterocycles. The van der Waals surface area contributed by atoms with Crippen LogP contribution in [0.3, 0.4) is 0 Å². The first-order valence-electron chi connectivity index (χ1n) is 11.1. The molecule has 3 heterocycles. The summed E-state index contributed by atoms with van der Waals surface area (Å²) in [4.78, 5) is 15.8. The number of morpholine rings is 1. The molecule has 0 spiro atoms. The SMILES string of the molecule is Cc1ccc(CN(C)c2nc(CN3CCOCC3)nc3scc(-c4ccccc4)c23)cc1. The van der Waals surface area contributed by atoms with Crippen LogP contribution in [-0.2, 0) is 17.8 Å². The van der Waals surface area contributed by atoms with Gasteiger partial charge in [-0.25, -0.2) is 9.97 Å². The van der Waals surface area contributed by atoms with Crippen molar-refractivity contribution in [2.45, 2.75) is 20.0 Å². The molecule has 0 amide bonds. The highest BCUT2D eigenvalue weighted by Crippen LogP contribution is 2.38. The van der Waals surface area contributed by atoms with Gasteiger partial charge in [-0.05, 0) is 18.1 Å². The summed E-state index contributed by atoms with van der Waals surface area (Å²) in [6, 6.07) is 19.3. The number of rotatable bonds is 6. The van der Waals surface area contributed by atoms with Crippen LogP contribution in [0.25, 0.3) is 21.3 Å². The van der Waals surface area contributed by atoms with Gasteiger partial charge in [0.1, 0.15) is 16.5 Å². The van der Waals surface area contributed by atoms with E-state index < -0.39 is 0 Å². The monoisotopic (exact) mass is 444 g/mol. The van der Waals surface area contributed by atoms with Crippen molar-refractivity contribution < 1.29 is 4.74 Å². The molecule has 4 aromatic rings. The van der Waals surface area contributed by atoms with Crippen LogP contribution in [0.4, 0.5) is 5.82 Å². The fourth-order valence-corrected chi connectivity index (χ4v) is 5.11. The number of hydrogen-bond acceptors (Lipinski definition) is 6. The number of benzene rings is 2. The van der Waals surface area contributed by atoms with E-state index in [0.717, 1.165) is 61.3 Å². The fraction of sp³-hybridized carbons (Fsp3) is 0.308. The Kier molecular flexibility index (Phi) is 6.17. The van der Waals surface area contributed by atoms with Gasteiger partial charge in [0.05, 0.1) is 25.1 Å². The van der Waals surface area contributed by atoms with Gasteiger partial charge in [-0.15, -0.1) is 11.3 Å². The van der Waals surface area contributed by atoms with Crippen molar-refractivity contribution in [3.63, 3.8) is 0 Å². The first-order valence-corrected chi connectivity index (χ1v) is 12.0. The van der Waals surface area contributed by atoms with Crippen molar-refractivity contribution in [3.05, 3.63) is 76.9 Å². The van der Waals surface area contributed by atoms with E-state index >= 15 is 0 Å². The number of nitrogens with zero attached hydrogens (tertiary/aromatic N) is 4. The molecule has 5 rings (SSSR count). The summed E-state index contributed by atoms with van der Waals surface area (Å²) in [6.45, 7) is 7.08. The summed E-state index contributed by atoms with van der Waals surface area (Å²) in [5.74, 6) is 1.88. The Morgan fingerprint density at radius 1 is 1.00 bits per heavy atom. The van der Waals surface area contributed by atoms with E-state index in [4.69, 9.17) is 14.7 Å². The Morgan fingerprint density at radius 2 is 1.75 bits per heavy atom. The van der Waals surface area contributed by atoms with Gasteiger partial charge >= 0.3 is 0 Å². The molecule has 0 saturated carbocycles. The van der Waals surface area contributed by atoms with E-state index in [1.54, 1.807) is 11.3 Å². The van der Waals surface area contributed by atoms with Crippen LogP contribution in [0.5, 0.6) is 0 Å². The van der Waals surface area contributed by atoms with Crippen molar-refractivity contribution in [1.29, 1.82) is 0 Å². The molecule has 0 N–H and O–H groups in total. The molecule has 2 aromatic carbocycles. The van der Waals surface area contributed by atoms with Crippen molar-refractivity contribution in [2.24, 2.45) is 0 Å². The molecule has 164 valence electrons. The van der Waals surface area contributed by atoms with Crippen LogP contribution in [0.1, 0.15) is 17.0 Å². The summed E-state index contributed by atoms with van der Waals surface area (Å²) < 4.78 is 5.51. The minimum atomic E-state index is 0.753. The van der Waals surface area contributed by atoms with E-state index in [1.807, 2.05) is 0 Å². The third-order valence-electron chi connectivity index (χ3n) is 5.92. The Morgan fingerprint density at radius 3 is 2.50 bits per heavy atom. The Bertz CT molecular complexity index is 1180. The predicted molar refractivity (Wildman–Crippen MR) is 132 cm³/mol. The zero-order valence-corrected chi connectivity index (χ0v) is 19.4. The largest absolute Gasteiger partial charge is 0.379 e. The average Bonchev–Trinajstić information content (AvgIpc) is 3.25. The normalized spacial score (nSPS) is 14.7. The average molecular weight is 445 g/mol. The van der Waals surface area contributed by atoms with Crippen LogP contribution in [0, 0.1) is 6.92 Å². The molecular formula is C26H28N4OS. The molecule has 0 bridgehead atoms. The Hall–Kier alpha value is -2.80. The molecule has 1 aliphatic heterocycles. The zero-order chi connectivity index (χ0) is 21.9. The van der Waals surface area contributed by atoms with Gasteiger partial charge in [-0.1, -0.05) is 60.2 Å². The lowest BCUT2D eigenvalue weighted by atomic mass is 10.1. The van der Waals surface area contributed by atoms with Crippen LogP contribution in [-0.4, -0.2) is 48.2 Å². The number of aromatic nitrogens is 2. The second kappa shape index (κ2) is 9.36. The van der Waals surface area contributed by atoms with E-state index in [-0.39, 0.29) is 0 Å². The van der Waals surface area contributed by atoms with Crippen molar-refractivity contribution in [1.82, 2.24) is 14.9 Å². The maximum atomic E-state index is 5.51. The van der Waals surface area contributed by atoms with Gasteiger partial charge in [-0.2, -0.15) is 0 Å². The van der Waals surface area contributed by atoms with E-state index in [0.29, 0.717) is 0 Å². The van der Waals surface area contributed by atoms with Gasteiger partial charge in [-0.3, -0.25) is 4.90 Å². The summed E-state index contributed by atoms with van der Waals surface area (Å²) >= 11 is 1.70. The quantitative estimate of drug-likeness (QED) is 0.412. The lowest BCUT2D eigenvalue weighted by molar-refractivity contribution is 0.0331. The molecule has 0 aliphatic carbocycles. The van der Waals surface area contributed by atoms with Gasteiger partial charge < -0.3 is 9.64 Å². The first-order chi connectivity index (χ1) is 15.7. The number of thiophene rings is 1. The van der Waals surface area contributed by atoms with Crippen molar-refractivity contribution in [2.75, 3.05) is 38.3 Å². The van der Waals surface area contributed by atoms with Gasteiger partial charge in [0.2, 0.25) is 0 Å². The number of hydrogen-bond donors (Lipinski definition) is 0. The van der Waals surface area contributed by atoms with Crippen LogP contribution in [0.2, 0.25) is 0 Å². The second-order valence-electron chi connectivity index (χ2n) is 8.39. The minimum Gasteiger partial charge on any atom is -0.379 e. The van der Waals surface area contributed by atoms with Gasteiger partial charge in [0, 0.05) is 37.6 Å². The standard InChI is InChI=1S/C26H28N4OS/c1-19-8-10-20(11-9-19)16-29(2)25-24-22(21-6-4-3-5-7-21)18-32-26(24)28-23(27-25)17-30-12-14-31-15-13-30/h3-11,18H,12-17H2,1-2H3. The molecular weight excluding hydrogens is 416 g/mol. The summed E-state index contributed by atoms with van der Waals surface area (Å²) in [6.07, 6.45) is 0. The fourth-order valence-electron chi connectivity index (χ4n) is 4.15. The highest BCUT2D eigenvalue weighted by molar-refractivity contribution is 7.17. The predicted octanol–water partition coefficient (Wildman–Crippen LogP) is 5.14. The summed E-state index contributed by atoms with van der Waals surface area (Å²) in [5, 5.41) is 3.36. The smallest absolute Gasteiger partial charge is 0.146 e. The molecule has 6 heteroatoms. The molecule has 1 fully saturated rings. The maximum absolute atomic E-state index is 5.51.